The van der Waals surface area contributed by atoms with Crippen LogP contribution in [0.15, 0.2) is 48.5 Å². The van der Waals surface area contributed by atoms with Crippen LogP contribution in [0.2, 0.25) is 0 Å². The normalized spacial score (nSPS) is 33.3. The molecule has 2 heterocycles. The molecular weight excluding hydrogens is 464 g/mol. The lowest BCUT2D eigenvalue weighted by atomic mass is 9.65. The fraction of sp³-hybridized carbons (Fsp3) is 0.581. The van der Waals surface area contributed by atoms with Crippen molar-refractivity contribution in [2.75, 3.05) is 18.4 Å². The minimum absolute atomic E-state index is 0.0161. The molecule has 1 saturated carbocycles. The molecule has 200 valence electrons. The largest absolute Gasteiger partial charge is 0.392 e. The van der Waals surface area contributed by atoms with Gasteiger partial charge in [0, 0.05) is 43.2 Å². The second-order valence-electron chi connectivity index (χ2n) is 12.8. The standard InChI is InChI=1S/C31H42N2O4/c1-20-27(16-33-19-31(5)15-26(33)14-30(3,4)18-31)36-29(24-10-12-25(13-11-24)32-21(2)35)37-28(20)23-8-6-22(17-34)7-9-23/h6-13,20,26-29,34H,14-19H2,1-5H3,(H,32,35)/t20-,26?,27+,28+,29+,31?/m1/s1. The minimum atomic E-state index is -0.496. The molecule has 3 fully saturated rings. The maximum absolute atomic E-state index is 11.4. The van der Waals surface area contributed by atoms with E-state index in [1.54, 1.807) is 0 Å². The molecule has 3 aliphatic rings. The van der Waals surface area contributed by atoms with Crippen LogP contribution in [0.25, 0.3) is 0 Å². The maximum atomic E-state index is 11.4. The Hall–Kier alpha value is -2.25. The number of hydrogen-bond donors (Lipinski definition) is 2. The van der Waals surface area contributed by atoms with Gasteiger partial charge in [0.25, 0.3) is 0 Å². The average Bonchev–Trinajstić information content (AvgIpc) is 3.08. The molecule has 37 heavy (non-hydrogen) atoms. The van der Waals surface area contributed by atoms with E-state index in [9.17, 15) is 9.90 Å². The zero-order valence-electron chi connectivity index (χ0n) is 22.9. The quantitative estimate of drug-likeness (QED) is 0.516. The van der Waals surface area contributed by atoms with Gasteiger partial charge in [0.2, 0.25) is 5.91 Å². The number of rotatable bonds is 6. The Bertz CT molecular complexity index is 1100. The number of aliphatic hydroxyl groups is 1. The topological polar surface area (TPSA) is 71.0 Å². The summed E-state index contributed by atoms with van der Waals surface area (Å²) < 4.78 is 13.3. The highest BCUT2D eigenvalue weighted by molar-refractivity contribution is 5.88. The molecular formula is C31H42N2O4. The van der Waals surface area contributed by atoms with Gasteiger partial charge in [0.15, 0.2) is 6.29 Å². The van der Waals surface area contributed by atoms with E-state index in [4.69, 9.17) is 9.47 Å². The summed E-state index contributed by atoms with van der Waals surface area (Å²) in [5, 5.41) is 12.3. The Labute approximate surface area is 221 Å². The summed E-state index contributed by atoms with van der Waals surface area (Å²) in [7, 11) is 0. The summed E-state index contributed by atoms with van der Waals surface area (Å²) in [4.78, 5) is 14.1. The van der Waals surface area contributed by atoms with E-state index in [0.717, 1.165) is 35.5 Å². The van der Waals surface area contributed by atoms with Crippen LogP contribution in [0, 0.1) is 16.7 Å². The molecule has 1 amide bonds. The van der Waals surface area contributed by atoms with Crippen molar-refractivity contribution >= 4 is 11.6 Å². The predicted octanol–water partition coefficient (Wildman–Crippen LogP) is 5.83. The van der Waals surface area contributed by atoms with Crippen molar-refractivity contribution in [3.63, 3.8) is 0 Å². The van der Waals surface area contributed by atoms with Crippen molar-refractivity contribution in [2.45, 2.75) is 85.0 Å². The predicted molar refractivity (Wildman–Crippen MR) is 145 cm³/mol. The molecule has 5 rings (SSSR count). The average molecular weight is 507 g/mol. The van der Waals surface area contributed by atoms with Crippen LogP contribution < -0.4 is 5.32 Å². The Kier molecular flexibility index (Phi) is 7.22. The Morgan fingerprint density at radius 3 is 2.35 bits per heavy atom. The Morgan fingerprint density at radius 1 is 1.03 bits per heavy atom. The first-order valence-corrected chi connectivity index (χ1v) is 13.7. The van der Waals surface area contributed by atoms with Gasteiger partial charge in [-0.15, -0.1) is 0 Å². The van der Waals surface area contributed by atoms with Gasteiger partial charge < -0.3 is 19.9 Å². The Morgan fingerprint density at radius 2 is 1.70 bits per heavy atom. The second kappa shape index (κ2) is 10.1. The summed E-state index contributed by atoms with van der Waals surface area (Å²) in [5.74, 6) is 0.0713. The highest BCUT2D eigenvalue weighted by Crippen LogP contribution is 2.53. The summed E-state index contributed by atoms with van der Waals surface area (Å²) in [6.07, 6.45) is 3.18. The van der Waals surface area contributed by atoms with Gasteiger partial charge in [-0.25, -0.2) is 0 Å². The molecule has 0 spiro atoms. The molecule has 0 radical (unpaired) electrons. The van der Waals surface area contributed by atoms with Crippen molar-refractivity contribution in [3.05, 3.63) is 65.2 Å². The minimum Gasteiger partial charge on any atom is -0.392 e. The first kappa shape index (κ1) is 26.4. The fourth-order valence-electron chi connectivity index (χ4n) is 7.28. The highest BCUT2D eigenvalue weighted by Gasteiger charge is 2.51. The molecule has 0 aromatic heterocycles. The number of carbonyl (C=O) groups excluding carboxylic acids is 1. The van der Waals surface area contributed by atoms with Crippen molar-refractivity contribution in [1.29, 1.82) is 0 Å². The molecule has 2 unspecified atom stereocenters. The number of carbonyl (C=O) groups is 1. The number of nitrogens with zero attached hydrogens (tertiary/aromatic N) is 1. The summed E-state index contributed by atoms with van der Waals surface area (Å²) in [6.45, 7) is 13.1. The van der Waals surface area contributed by atoms with Crippen LogP contribution in [0.3, 0.4) is 0 Å². The van der Waals surface area contributed by atoms with Crippen molar-refractivity contribution in [3.8, 4) is 0 Å². The highest BCUT2D eigenvalue weighted by atomic mass is 16.7. The van der Waals surface area contributed by atoms with Crippen molar-refractivity contribution in [2.24, 2.45) is 16.7 Å². The van der Waals surface area contributed by atoms with E-state index in [1.165, 1.54) is 26.2 Å². The van der Waals surface area contributed by atoms with E-state index in [2.05, 4.69) is 50.0 Å². The SMILES string of the molecule is CC(=O)Nc1ccc([C@H]2O[C@@H](CN3CC4(C)CC3CC(C)(C)C4)[C@@H](C)[C@@H](c3ccc(CO)cc3)O2)cc1. The van der Waals surface area contributed by atoms with E-state index >= 15 is 0 Å². The molecule has 6 heteroatoms. The number of hydrogen-bond acceptors (Lipinski definition) is 5. The smallest absolute Gasteiger partial charge is 0.221 e. The number of aliphatic hydroxyl groups excluding tert-OH is 1. The lowest BCUT2D eigenvalue weighted by Crippen LogP contribution is -2.46. The summed E-state index contributed by atoms with van der Waals surface area (Å²) in [5.41, 5.74) is 4.45. The monoisotopic (exact) mass is 506 g/mol. The van der Waals surface area contributed by atoms with Crippen LogP contribution in [0.5, 0.6) is 0 Å². The lowest BCUT2D eigenvalue weighted by molar-refractivity contribution is -0.276. The number of likely N-dealkylation sites (tertiary alicyclic amines) is 1. The second-order valence-corrected chi connectivity index (χ2v) is 12.8. The molecule has 6 nitrogen and oxygen atoms in total. The van der Waals surface area contributed by atoms with Gasteiger partial charge in [0.1, 0.15) is 0 Å². The molecule has 2 N–H and O–H groups in total. The van der Waals surface area contributed by atoms with Gasteiger partial charge >= 0.3 is 0 Å². The van der Waals surface area contributed by atoms with Crippen LogP contribution >= 0.6 is 0 Å². The van der Waals surface area contributed by atoms with Crippen LogP contribution in [-0.2, 0) is 20.9 Å². The number of amides is 1. The van der Waals surface area contributed by atoms with E-state index in [0.29, 0.717) is 16.9 Å². The molecule has 1 aliphatic carbocycles. The van der Waals surface area contributed by atoms with Gasteiger partial charge in [-0.2, -0.15) is 0 Å². The summed E-state index contributed by atoms with van der Waals surface area (Å²) in [6, 6.07) is 16.4. The summed E-state index contributed by atoms with van der Waals surface area (Å²) >= 11 is 0. The molecule has 2 aromatic rings. The van der Waals surface area contributed by atoms with Gasteiger partial charge in [0.05, 0.1) is 18.8 Å². The zero-order valence-corrected chi connectivity index (χ0v) is 22.9. The van der Waals surface area contributed by atoms with Crippen LogP contribution in [-0.4, -0.2) is 41.1 Å². The van der Waals surface area contributed by atoms with Gasteiger partial charge in [-0.05, 0) is 53.4 Å². The third-order valence-electron chi connectivity index (χ3n) is 8.56. The van der Waals surface area contributed by atoms with Crippen molar-refractivity contribution < 1.29 is 19.4 Å². The number of nitrogens with one attached hydrogen (secondary N) is 1. The number of fused-ring (bicyclic) bond motifs is 2. The number of ether oxygens (including phenoxy) is 2. The molecule has 6 atom stereocenters. The molecule has 2 aliphatic heterocycles. The number of anilines is 1. The fourth-order valence-corrected chi connectivity index (χ4v) is 7.28. The van der Waals surface area contributed by atoms with E-state index in [-0.39, 0.29) is 30.6 Å². The zero-order chi connectivity index (χ0) is 26.4. The van der Waals surface area contributed by atoms with Crippen molar-refractivity contribution in [1.82, 2.24) is 4.90 Å². The lowest BCUT2D eigenvalue weighted by Gasteiger charge is -2.43. The first-order chi connectivity index (χ1) is 17.5. The van der Waals surface area contributed by atoms with E-state index < -0.39 is 6.29 Å². The van der Waals surface area contributed by atoms with Gasteiger partial charge in [-0.1, -0.05) is 64.1 Å². The third kappa shape index (κ3) is 5.78. The van der Waals surface area contributed by atoms with E-state index in [1.807, 2.05) is 36.4 Å². The Balaban J connectivity index is 1.40. The van der Waals surface area contributed by atoms with Crippen LogP contribution in [0.4, 0.5) is 5.69 Å². The first-order valence-electron chi connectivity index (χ1n) is 13.7. The molecule has 2 aromatic carbocycles. The van der Waals surface area contributed by atoms with Gasteiger partial charge in [-0.3, -0.25) is 9.69 Å². The number of benzene rings is 2. The third-order valence-corrected chi connectivity index (χ3v) is 8.56. The molecule has 2 bridgehead atoms. The van der Waals surface area contributed by atoms with Crippen LogP contribution in [0.1, 0.15) is 83.0 Å². The maximum Gasteiger partial charge on any atom is 0.221 e. The molecule has 2 saturated heterocycles.